The number of hydrogen-bond acceptors (Lipinski definition) is 2. The lowest BCUT2D eigenvalue weighted by Crippen LogP contribution is -2.69. The molecule has 2 heterocycles. The van der Waals surface area contributed by atoms with E-state index in [1.54, 1.807) is 0 Å². The van der Waals surface area contributed by atoms with Gasteiger partial charge in [0.2, 0.25) is 0 Å². The van der Waals surface area contributed by atoms with Crippen molar-refractivity contribution in [3.63, 3.8) is 0 Å². The van der Waals surface area contributed by atoms with E-state index in [1.165, 1.54) is 51.7 Å². The third kappa shape index (κ3) is 1.24. The van der Waals surface area contributed by atoms with Crippen LogP contribution in [0.3, 0.4) is 0 Å². The van der Waals surface area contributed by atoms with Gasteiger partial charge in [0.05, 0.1) is 0 Å². The summed E-state index contributed by atoms with van der Waals surface area (Å²) < 4.78 is 0. The van der Waals surface area contributed by atoms with E-state index in [9.17, 15) is 0 Å². The highest BCUT2D eigenvalue weighted by Gasteiger charge is 2.50. The molecule has 14 heavy (non-hydrogen) atoms. The van der Waals surface area contributed by atoms with Gasteiger partial charge >= 0.3 is 0 Å². The van der Waals surface area contributed by atoms with Gasteiger partial charge in [-0.3, -0.25) is 4.90 Å². The highest BCUT2D eigenvalue weighted by Crippen LogP contribution is 2.46. The molecule has 2 saturated heterocycles. The van der Waals surface area contributed by atoms with Gasteiger partial charge in [0.15, 0.2) is 0 Å². The molecule has 2 nitrogen and oxygen atoms in total. The number of hydrogen-bond donors (Lipinski definition) is 1. The van der Waals surface area contributed by atoms with Gasteiger partial charge in [0, 0.05) is 24.7 Å². The Morgan fingerprint density at radius 3 is 2.86 bits per heavy atom. The monoisotopic (exact) mass is 194 g/mol. The van der Waals surface area contributed by atoms with Crippen LogP contribution in [0.1, 0.15) is 39.0 Å². The quantitative estimate of drug-likeness (QED) is 0.718. The van der Waals surface area contributed by atoms with Crippen LogP contribution in [0.5, 0.6) is 0 Å². The van der Waals surface area contributed by atoms with Crippen LogP contribution in [0.4, 0.5) is 0 Å². The lowest BCUT2D eigenvalue weighted by molar-refractivity contribution is -0.102. The van der Waals surface area contributed by atoms with E-state index in [0.29, 0.717) is 5.54 Å². The van der Waals surface area contributed by atoms with Crippen LogP contribution >= 0.6 is 0 Å². The fraction of sp³-hybridized carbons (Fsp3) is 1.00. The fourth-order valence-electron chi connectivity index (χ4n) is 3.51. The molecule has 3 atom stereocenters. The summed E-state index contributed by atoms with van der Waals surface area (Å²) in [5.74, 6) is 1.02. The van der Waals surface area contributed by atoms with Crippen LogP contribution in [0.15, 0.2) is 0 Å². The first-order valence-electron chi connectivity index (χ1n) is 6.27. The second kappa shape index (κ2) is 3.21. The van der Waals surface area contributed by atoms with Crippen LogP contribution in [0.2, 0.25) is 0 Å². The van der Waals surface area contributed by atoms with Crippen molar-refractivity contribution in [1.29, 1.82) is 0 Å². The van der Waals surface area contributed by atoms with Gasteiger partial charge in [0.1, 0.15) is 0 Å². The third-order valence-electron chi connectivity index (χ3n) is 4.89. The second-order valence-corrected chi connectivity index (χ2v) is 5.64. The summed E-state index contributed by atoms with van der Waals surface area (Å²) in [7, 11) is 0. The Labute approximate surface area is 87.0 Å². The Hall–Kier alpha value is -0.0800. The van der Waals surface area contributed by atoms with Gasteiger partial charge < -0.3 is 5.32 Å². The Balaban J connectivity index is 1.60. The smallest absolute Gasteiger partial charge is 0.0222 e. The second-order valence-electron chi connectivity index (χ2n) is 5.64. The van der Waals surface area contributed by atoms with E-state index < -0.39 is 0 Å². The molecule has 1 N–H and O–H groups in total. The largest absolute Gasteiger partial charge is 0.313 e. The van der Waals surface area contributed by atoms with Gasteiger partial charge in [-0.2, -0.15) is 0 Å². The lowest BCUT2D eigenvalue weighted by atomic mass is 9.66. The van der Waals surface area contributed by atoms with E-state index in [1.807, 2.05) is 0 Å². The zero-order chi connectivity index (χ0) is 9.60. The molecule has 1 aliphatic carbocycles. The normalized spacial score (nSPS) is 47.8. The molecule has 0 aromatic heterocycles. The average molecular weight is 194 g/mol. The van der Waals surface area contributed by atoms with E-state index in [0.717, 1.165) is 12.0 Å². The first-order chi connectivity index (χ1) is 6.79. The van der Waals surface area contributed by atoms with Crippen LogP contribution in [0.25, 0.3) is 0 Å². The van der Waals surface area contributed by atoms with Crippen molar-refractivity contribution in [3.8, 4) is 0 Å². The van der Waals surface area contributed by atoms with Crippen LogP contribution in [0, 0.1) is 5.92 Å². The topological polar surface area (TPSA) is 15.3 Å². The molecule has 1 saturated carbocycles. The van der Waals surface area contributed by atoms with Crippen molar-refractivity contribution in [2.24, 2.45) is 5.92 Å². The molecule has 3 aliphatic rings. The van der Waals surface area contributed by atoms with E-state index in [-0.39, 0.29) is 0 Å². The van der Waals surface area contributed by atoms with Crippen molar-refractivity contribution in [1.82, 2.24) is 10.2 Å². The molecule has 3 fully saturated rings. The van der Waals surface area contributed by atoms with Crippen LogP contribution in [-0.2, 0) is 0 Å². The average Bonchev–Trinajstić information content (AvgIpc) is 2.09. The third-order valence-corrected chi connectivity index (χ3v) is 4.89. The highest BCUT2D eigenvalue weighted by atomic mass is 15.3. The molecule has 2 aliphatic heterocycles. The summed E-state index contributed by atoms with van der Waals surface area (Å²) in [5, 5.41) is 3.52. The standard InChI is InChI=1S/C12H22N2/c1-12-6-3-2-4-10(12)8-14(12)9-11-5-7-13-11/h10-11,13H,2-9H2,1H3/t10-,11?,12-/m0/s1. The number of rotatable bonds is 2. The Bertz CT molecular complexity index is 224. The maximum absolute atomic E-state index is 3.52. The van der Waals surface area contributed by atoms with Gasteiger partial charge in [-0.25, -0.2) is 0 Å². The zero-order valence-corrected chi connectivity index (χ0v) is 9.26. The Kier molecular flexibility index (Phi) is 2.10. The number of nitrogens with zero attached hydrogens (tertiary/aromatic N) is 1. The SMILES string of the molecule is C[C@]12CCCC[C@H]1CN2CC1CCN1. The van der Waals surface area contributed by atoms with Gasteiger partial charge in [-0.15, -0.1) is 0 Å². The van der Waals surface area contributed by atoms with Crippen LogP contribution < -0.4 is 5.32 Å². The maximum Gasteiger partial charge on any atom is 0.0222 e. The molecule has 1 unspecified atom stereocenters. The fourth-order valence-corrected chi connectivity index (χ4v) is 3.51. The number of likely N-dealkylation sites (tertiary alicyclic amines) is 1. The van der Waals surface area contributed by atoms with Gasteiger partial charge in [0.25, 0.3) is 0 Å². The Morgan fingerprint density at radius 1 is 1.36 bits per heavy atom. The molecule has 0 amide bonds. The van der Waals surface area contributed by atoms with E-state index in [2.05, 4.69) is 17.1 Å². The zero-order valence-electron chi connectivity index (χ0n) is 9.26. The minimum absolute atomic E-state index is 0.593. The summed E-state index contributed by atoms with van der Waals surface area (Å²) >= 11 is 0. The highest BCUT2D eigenvalue weighted by molar-refractivity contribution is 5.06. The summed E-state index contributed by atoms with van der Waals surface area (Å²) in [6.07, 6.45) is 7.28. The van der Waals surface area contributed by atoms with Crippen molar-refractivity contribution >= 4 is 0 Å². The predicted molar refractivity (Wildman–Crippen MR) is 58.3 cm³/mol. The minimum Gasteiger partial charge on any atom is -0.313 e. The molecule has 0 aromatic carbocycles. The van der Waals surface area contributed by atoms with E-state index >= 15 is 0 Å². The molecule has 0 radical (unpaired) electrons. The molecular formula is C12H22N2. The van der Waals surface area contributed by atoms with Gasteiger partial charge in [-0.1, -0.05) is 12.8 Å². The van der Waals surface area contributed by atoms with E-state index in [4.69, 9.17) is 0 Å². The van der Waals surface area contributed by atoms with Crippen molar-refractivity contribution in [2.45, 2.75) is 50.6 Å². The molecule has 80 valence electrons. The number of fused-ring (bicyclic) bond motifs is 1. The molecule has 2 heteroatoms. The molecule has 3 rings (SSSR count). The summed E-state index contributed by atoms with van der Waals surface area (Å²) in [6, 6.07) is 0.815. The summed E-state index contributed by atoms with van der Waals surface area (Å²) in [4.78, 5) is 2.74. The lowest BCUT2D eigenvalue weighted by Gasteiger charge is -2.61. The summed E-state index contributed by atoms with van der Waals surface area (Å²) in [5.41, 5.74) is 0.593. The molecule has 0 bridgehead atoms. The van der Waals surface area contributed by atoms with Gasteiger partial charge in [-0.05, 0) is 38.6 Å². The predicted octanol–water partition coefficient (Wildman–Crippen LogP) is 1.61. The van der Waals surface area contributed by atoms with Crippen molar-refractivity contribution in [3.05, 3.63) is 0 Å². The summed E-state index contributed by atoms with van der Waals surface area (Å²) in [6.45, 7) is 6.44. The Morgan fingerprint density at radius 2 is 2.21 bits per heavy atom. The molecular weight excluding hydrogens is 172 g/mol. The first-order valence-corrected chi connectivity index (χ1v) is 6.27. The van der Waals surface area contributed by atoms with Crippen LogP contribution in [-0.4, -0.2) is 36.1 Å². The molecule has 0 aromatic rings. The minimum atomic E-state index is 0.593. The van der Waals surface area contributed by atoms with Crippen molar-refractivity contribution < 1.29 is 0 Å². The van der Waals surface area contributed by atoms with Crippen molar-refractivity contribution in [2.75, 3.05) is 19.6 Å². The molecule has 0 spiro atoms. The number of nitrogens with one attached hydrogen (secondary N) is 1. The first kappa shape index (κ1) is 9.17. The maximum atomic E-state index is 3.52.